The van der Waals surface area contributed by atoms with Crippen LogP contribution in [-0.2, 0) is 6.42 Å². The molecule has 0 spiro atoms. The highest BCUT2D eigenvalue weighted by Crippen LogP contribution is 2.34. The highest BCUT2D eigenvalue weighted by Gasteiger charge is 2.16. The number of fused-ring (bicyclic) bond motifs is 1. The van der Waals surface area contributed by atoms with E-state index in [1.165, 1.54) is 40.7 Å². The van der Waals surface area contributed by atoms with E-state index in [1.807, 2.05) is 0 Å². The van der Waals surface area contributed by atoms with Crippen molar-refractivity contribution in [2.45, 2.75) is 19.8 Å². The van der Waals surface area contributed by atoms with E-state index in [2.05, 4.69) is 46.9 Å². The number of hydrogen-bond acceptors (Lipinski definition) is 1. The van der Waals surface area contributed by atoms with Crippen molar-refractivity contribution in [2.24, 2.45) is 0 Å². The topological polar surface area (TPSA) is 3.24 Å². The van der Waals surface area contributed by atoms with Crippen LogP contribution in [0.3, 0.4) is 0 Å². The number of hydrogen-bond donors (Lipinski definition) is 0. The molecule has 0 unspecified atom stereocenters. The van der Waals surface area contributed by atoms with E-state index in [4.69, 9.17) is 0 Å². The van der Waals surface area contributed by atoms with Gasteiger partial charge in [0, 0.05) is 18.1 Å². The molecule has 1 aromatic carbocycles. The zero-order valence-corrected chi connectivity index (χ0v) is 9.69. The van der Waals surface area contributed by atoms with Crippen molar-refractivity contribution in [2.75, 3.05) is 18.5 Å². The van der Waals surface area contributed by atoms with Crippen molar-refractivity contribution in [1.82, 2.24) is 0 Å². The smallest absolute Gasteiger partial charge is 0.0540 e. The second-order valence-electron chi connectivity index (χ2n) is 3.78. The molecule has 1 aliphatic rings. The Hall–Kier alpha value is -0.500. The van der Waals surface area contributed by atoms with Crippen LogP contribution in [0.25, 0.3) is 0 Å². The summed E-state index contributed by atoms with van der Waals surface area (Å²) in [6.07, 6.45) is 2.50. The molecule has 0 aromatic heterocycles. The zero-order valence-electron chi connectivity index (χ0n) is 8.10. The van der Waals surface area contributed by atoms with Gasteiger partial charge in [-0.15, -0.1) is 0 Å². The Labute approximate surface area is 87.9 Å². The van der Waals surface area contributed by atoms with Gasteiger partial charge in [0.2, 0.25) is 0 Å². The Balaban J connectivity index is 2.56. The molecular formula is C11H14BrN. The fourth-order valence-electron chi connectivity index (χ4n) is 2.04. The minimum Gasteiger partial charge on any atom is -0.373 e. The third-order valence-corrected chi connectivity index (χ3v) is 3.21. The number of rotatable bonds is 0. The normalized spacial score (nSPS) is 15.8. The first-order valence-corrected chi connectivity index (χ1v) is 5.48. The zero-order chi connectivity index (χ0) is 9.42. The van der Waals surface area contributed by atoms with Gasteiger partial charge in [-0.25, -0.2) is 0 Å². The van der Waals surface area contributed by atoms with Crippen molar-refractivity contribution in [3.05, 3.63) is 27.7 Å². The maximum atomic E-state index is 3.63. The van der Waals surface area contributed by atoms with Gasteiger partial charge in [-0.1, -0.05) is 6.07 Å². The van der Waals surface area contributed by atoms with Crippen molar-refractivity contribution < 1.29 is 0 Å². The van der Waals surface area contributed by atoms with Crippen molar-refractivity contribution in [1.29, 1.82) is 0 Å². The van der Waals surface area contributed by atoms with Gasteiger partial charge >= 0.3 is 0 Å². The van der Waals surface area contributed by atoms with Gasteiger partial charge in [-0.2, -0.15) is 0 Å². The molecule has 70 valence electrons. The summed E-state index contributed by atoms with van der Waals surface area (Å²) in [6.45, 7) is 3.33. The number of aryl methyl sites for hydroxylation is 2. The van der Waals surface area contributed by atoms with Gasteiger partial charge in [0.15, 0.2) is 0 Å². The van der Waals surface area contributed by atoms with E-state index in [-0.39, 0.29) is 0 Å². The number of halogens is 1. The molecule has 1 nitrogen and oxygen atoms in total. The van der Waals surface area contributed by atoms with E-state index in [9.17, 15) is 0 Å². The van der Waals surface area contributed by atoms with Crippen LogP contribution >= 0.6 is 15.9 Å². The largest absolute Gasteiger partial charge is 0.373 e. The molecule has 2 heteroatoms. The van der Waals surface area contributed by atoms with E-state index in [1.54, 1.807) is 0 Å². The lowest BCUT2D eigenvalue weighted by Crippen LogP contribution is -2.25. The average molecular weight is 240 g/mol. The van der Waals surface area contributed by atoms with E-state index in [0.29, 0.717) is 0 Å². The van der Waals surface area contributed by atoms with Crippen molar-refractivity contribution in [3.63, 3.8) is 0 Å². The summed E-state index contributed by atoms with van der Waals surface area (Å²) in [5.74, 6) is 0. The Morgan fingerprint density at radius 1 is 1.38 bits per heavy atom. The molecule has 0 bridgehead atoms. The molecule has 0 radical (unpaired) electrons. The maximum Gasteiger partial charge on any atom is 0.0540 e. The van der Waals surface area contributed by atoms with Crippen molar-refractivity contribution in [3.8, 4) is 0 Å². The lowest BCUT2D eigenvalue weighted by atomic mass is 10.0. The van der Waals surface area contributed by atoms with Crippen LogP contribution in [0.15, 0.2) is 16.6 Å². The molecule has 1 aromatic rings. The number of nitrogens with zero attached hydrogens (tertiary/aromatic N) is 1. The van der Waals surface area contributed by atoms with Crippen LogP contribution in [0.4, 0.5) is 5.69 Å². The van der Waals surface area contributed by atoms with Gasteiger partial charge < -0.3 is 4.90 Å². The van der Waals surface area contributed by atoms with Gasteiger partial charge in [-0.05, 0) is 52.9 Å². The minimum atomic E-state index is 1.18. The first-order valence-electron chi connectivity index (χ1n) is 4.68. The summed E-state index contributed by atoms with van der Waals surface area (Å²) in [5.41, 5.74) is 4.22. The average Bonchev–Trinajstić information content (AvgIpc) is 2.02. The molecule has 0 N–H and O–H groups in total. The fourth-order valence-corrected chi connectivity index (χ4v) is 2.96. The quantitative estimate of drug-likeness (QED) is 0.673. The Morgan fingerprint density at radius 2 is 2.15 bits per heavy atom. The summed E-state index contributed by atoms with van der Waals surface area (Å²) in [6, 6.07) is 4.50. The fraction of sp³-hybridized carbons (Fsp3) is 0.455. The third kappa shape index (κ3) is 1.60. The van der Waals surface area contributed by atoms with E-state index >= 15 is 0 Å². The Morgan fingerprint density at radius 3 is 2.92 bits per heavy atom. The summed E-state index contributed by atoms with van der Waals surface area (Å²) >= 11 is 3.63. The molecule has 0 fully saturated rings. The van der Waals surface area contributed by atoms with Gasteiger partial charge in [0.05, 0.1) is 5.69 Å². The number of anilines is 1. The third-order valence-electron chi connectivity index (χ3n) is 2.61. The first kappa shape index (κ1) is 9.07. The van der Waals surface area contributed by atoms with Gasteiger partial charge in [0.25, 0.3) is 0 Å². The highest BCUT2D eigenvalue weighted by molar-refractivity contribution is 9.10. The summed E-state index contributed by atoms with van der Waals surface area (Å²) in [4.78, 5) is 2.34. The second kappa shape index (κ2) is 3.33. The number of benzene rings is 1. The maximum absolute atomic E-state index is 3.63. The van der Waals surface area contributed by atoms with Gasteiger partial charge in [-0.3, -0.25) is 0 Å². The molecule has 0 aliphatic carbocycles. The SMILES string of the molecule is Cc1cc(Br)c2c(c1)CCCN2C. The molecular weight excluding hydrogens is 226 g/mol. The van der Waals surface area contributed by atoms with E-state index < -0.39 is 0 Å². The molecule has 0 saturated carbocycles. The van der Waals surface area contributed by atoms with E-state index in [0.717, 1.165) is 0 Å². The molecule has 0 atom stereocenters. The molecule has 2 rings (SSSR count). The standard InChI is InChI=1S/C11H14BrN/c1-8-6-9-4-3-5-13(2)11(9)10(12)7-8/h6-7H,3-5H2,1-2H3. The van der Waals surface area contributed by atoms with Crippen molar-refractivity contribution >= 4 is 21.6 Å². The Kier molecular flexibility index (Phi) is 2.33. The molecule has 1 aliphatic heterocycles. The van der Waals surface area contributed by atoms with Crippen LogP contribution < -0.4 is 4.90 Å². The molecule has 0 amide bonds. The van der Waals surface area contributed by atoms with Crippen LogP contribution in [0.5, 0.6) is 0 Å². The van der Waals surface area contributed by atoms with Crippen LogP contribution in [-0.4, -0.2) is 13.6 Å². The lowest BCUT2D eigenvalue weighted by Gasteiger charge is -2.29. The summed E-state index contributed by atoms with van der Waals surface area (Å²) < 4.78 is 1.24. The summed E-state index contributed by atoms with van der Waals surface area (Å²) in [7, 11) is 2.16. The Bertz CT molecular complexity index is 333. The van der Waals surface area contributed by atoms with Crippen LogP contribution in [0.2, 0.25) is 0 Å². The summed E-state index contributed by atoms with van der Waals surface area (Å²) in [5, 5.41) is 0. The molecule has 13 heavy (non-hydrogen) atoms. The van der Waals surface area contributed by atoms with Gasteiger partial charge in [0.1, 0.15) is 0 Å². The highest BCUT2D eigenvalue weighted by atomic mass is 79.9. The monoisotopic (exact) mass is 239 g/mol. The molecule has 0 saturated heterocycles. The second-order valence-corrected chi connectivity index (χ2v) is 4.63. The van der Waals surface area contributed by atoms with Crippen LogP contribution in [0.1, 0.15) is 17.5 Å². The predicted molar refractivity (Wildman–Crippen MR) is 60.5 cm³/mol. The predicted octanol–water partition coefficient (Wildman–Crippen LogP) is 3.14. The first-order chi connectivity index (χ1) is 6.18. The lowest BCUT2D eigenvalue weighted by molar-refractivity contribution is 0.742. The molecule has 1 heterocycles. The minimum absolute atomic E-state index is 1.18. The van der Waals surface area contributed by atoms with Crippen LogP contribution in [0, 0.1) is 6.92 Å².